The van der Waals surface area contributed by atoms with Crippen molar-refractivity contribution in [1.82, 2.24) is 9.78 Å². The van der Waals surface area contributed by atoms with E-state index in [1.165, 1.54) is 5.56 Å². The van der Waals surface area contributed by atoms with Crippen molar-refractivity contribution in [3.05, 3.63) is 47.3 Å². The smallest absolute Gasteiger partial charge is 0.163 e. The van der Waals surface area contributed by atoms with E-state index >= 15 is 0 Å². The van der Waals surface area contributed by atoms with Gasteiger partial charge < -0.3 is 9.84 Å². The van der Waals surface area contributed by atoms with Crippen LogP contribution < -0.4 is 4.74 Å². The summed E-state index contributed by atoms with van der Waals surface area (Å²) in [6.45, 7) is 6.07. The van der Waals surface area contributed by atoms with Crippen molar-refractivity contribution in [1.29, 1.82) is 0 Å². The van der Waals surface area contributed by atoms with Crippen LogP contribution in [0.25, 0.3) is 0 Å². The Morgan fingerprint density at radius 3 is 2.37 bits per heavy atom. The third-order valence-electron chi connectivity index (χ3n) is 3.16. The average Bonchev–Trinajstić information content (AvgIpc) is 2.82. The van der Waals surface area contributed by atoms with E-state index in [2.05, 4.69) is 5.10 Å². The lowest BCUT2D eigenvalue weighted by atomic mass is 10.0. The van der Waals surface area contributed by atoms with Crippen molar-refractivity contribution in [3.63, 3.8) is 0 Å². The Labute approximate surface area is 113 Å². The molecule has 0 aliphatic heterocycles. The molecule has 1 aromatic carbocycles. The van der Waals surface area contributed by atoms with E-state index in [0.717, 1.165) is 5.56 Å². The molecule has 0 bridgehead atoms. The van der Waals surface area contributed by atoms with Crippen LogP contribution in [0.5, 0.6) is 5.75 Å². The third-order valence-corrected chi connectivity index (χ3v) is 3.16. The minimum atomic E-state index is -0.736. The fraction of sp³-hybridized carbons (Fsp3) is 0.400. The second-order valence-electron chi connectivity index (χ2n) is 4.95. The molecule has 1 heterocycles. The molecule has 0 amide bonds. The number of aryl methyl sites for hydroxylation is 1. The van der Waals surface area contributed by atoms with Gasteiger partial charge in [-0.3, -0.25) is 4.68 Å². The quantitative estimate of drug-likeness (QED) is 0.919. The third kappa shape index (κ3) is 2.63. The van der Waals surface area contributed by atoms with E-state index in [9.17, 15) is 5.11 Å². The zero-order valence-corrected chi connectivity index (χ0v) is 11.8. The molecule has 1 atom stereocenters. The number of hydrogen-bond donors (Lipinski definition) is 1. The van der Waals surface area contributed by atoms with Gasteiger partial charge in [-0.1, -0.05) is 29.8 Å². The summed E-state index contributed by atoms with van der Waals surface area (Å²) >= 11 is 0. The van der Waals surface area contributed by atoms with Crippen LogP contribution in [0.3, 0.4) is 0 Å². The highest BCUT2D eigenvalue weighted by molar-refractivity contribution is 5.36. The Hall–Kier alpha value is -1.81. The number of methoxy groups -OCH3 is 1. The summed E-state index contributed by atoms with van der Waals surface area (Å²) in [5, 5.41) is 14.9. The average molecular weight is 260 g/mol. The molecule has 0 spiro atoms. The molecule has 0 fully saturated rings. The Kier molecular flexibility index (Phi) is 3.90. The molecular weight excluding hydrogens is 240 g/mol. The van der Waals surface area contributed by atoms with Crippen LogP contribution in [0.15, 0.2) is 30.5 Å². The molecule has 0 aliphatic carbocycles. The Morgan fingerprint density at radius 2 is 1.84 bits per heavy atom. The van der Waals surface area contributed by atoms with Gasteiger partial charge in [-0.2, -0.15) is 5.10 Å². The summed E-state index contributed by atoms with van der Waals surface area (Å²) in [4.78, 5) is 0. The van der Waals surface area contributed by atoms with Crippen LogP contribution in [0.1, 0.15) is 42.8 Å². The molecule has 2 aromatic rings. The molecule has 19 heavy (non-hydrogen) atoms. The van der Waals surface area contributed by atoms with Gasteiger partial charge in [-0.25, -0.2) is 0 Å². The number of nitrogens with zero attached hydrogens (tertiary/aromatic N) is 2. The molecule has 1 aromatic heterocycles. The summed E-state index contributed by atoms with van der Waals surface area (Å²) in [5.41, 5.74) is 2.70. The van der Waals surface area contributed by atoms with Gasteiger partial charge in [0.2, 0.25) is 0 Å². The molecule has 102 valence electrons. The number of aliphatic hydroxyl groups is 1. The van der Waals surface area contributed by atoms with Crippen molar-refractivity contribution in [2.45, 2.75) is 32.9 Å². The maximum atomic E-state index is 10.6. The molecule has 0 aliphatic rings. The van der Waals surface area contributed by atoms with Gasteiger partial charge in [0.15, 0.2) is 5.75 Å². The van der Waals surface area contributed by atoms with Crippen LogP contribution in [-0.2, 0) is 0 Å². The van der Waals surface area contributed by atoms with E-state index < -0.39 is 6.10 Å². The van der Waals surface area contributed by atoms with Gasteiger partial charge in [0.25, 0.3) is 0 Å². The van der Waals surface area contributed by atoms with Crippen LogP contribution in [0.4, 0.5) is 0 Å². The molecule has 1 unspecified atom stereocenters. The number of rotatable bonds is 4. The minimum Gasteiger partial charge on any atom is -0.493 e. The molecule has 4 nitrogen and oxygen atoms in total. The molecule has 2 rings (SSSR count). The van der Waals surface area contributed by atoms with Crippen LogP contribution in [0.2, 0.25) is 0 Å². The van der Waals surface area contributed by atoms with Gasteiger partial charge in [0.1, 0.15) is 11.8 Å². The zero-order chi connectivity index (χ0) is 14.0. The molecule has 4 heteroatoms. The van der Waals surface area contributed by atoms with Gasteiger partial charge in [0, 0.05) is 6.04 Å². The second kappa shape index (κ2) is 5.45. The van der Waals surface area contributed by atoms with E-state index in [0.29, 0.717) is 11.4 Å². The number of aromatic nitrogens is 2. The largest absolute Gasteiger partial charge is 0.493 e. The first-order valence-corrected chi connectivity index (χ1v) is 6.40. The number of hydrogen-bond acceptors (Lipinski definition) is 3. The van der Waals surface area contributed by atoms with Gasteiger partial charge in [0.05, 0.1) is 13.3 Å². The Balaban J connectivity index is 2.44. The fourth-order valence-electron chi connectivity index (χ4n) is 2.09. The SMILES string of the molecule is COc1cnn(C(C)C)c1C(O)c1ccc(C)cc1. The summed E-state index contributed by atoms with van der Waals surface area (Å²) in [7, 11) is 1.59. The van der Waals surface area contributed by atoms with Crippen LogP contribution in [0, 0.1) is 6.92 Å². The maximum Gasteiger partial charge on any atom is 0.163 e. The molecule has 0 saturated heterocycles. The van der Waals surface area contributed by atoms with Crippen LogP contribution in [-0.4, -0.2) is 22.0 Å². The number of aliphatic hydroxyl groups excluding tert-OH is 1. The van der Waals surface area contributed by atoms with E-state index in [-0.39, 0.29) is 6.04 Å². The Bertz CT molecular complexity index is 544. The minimum absolute atomic E-state index is 0.166. The van der Waals surface area contributed by atoms with Crippen LogP contribution >= 0.6 is 0 Å². The van der Waals surface area contributed by atoms with E-state index in [1.807, 2.05) is 45.0 Å². The molecule has 1 N–H and O–H groups in total. The standard InChI is InChI=1S/C15H20N2O2/c1-10(2)17-14(13(19-4)9-16-17)15(18)12-7-5-11(3)6-8-12/h5-10,15,18H,1-4H3. The zero-order valence-electron chi connectivity index (χ0n) is 11.8. The number of benzene rings is 1. The van der Waals surface area contributed by atoms with Crippen molar-refractivity contribution >= 4 is 0 Å². The lowest BCUT2D eigenvalue weighted by Gasteiger charge is -2.17. The summed E-state index contributed by atoms with van der Waals surface area (Å²) in [6.07, 6.45) is 0.910. The first-order chi connectivity index (χ1) is 9.04. The fourth-order valence-corrected chi connectivity index (χ4v) is 2.09. The van der Waals surface area contributed by atoms with Crippen molar-refractivity contribution in [2.24, 2.45) is 0 Å². The van der Waals surface area contributed by atoms with Gasteiger partial charge in [-0.05, 0) is 26.3 Å². The van der Waals surface area contributed by atoms with Gasteiger partial charge in [-0.15, -0.1) is 0 Å². The summed E-state index contributed by atoms with van der Waals surface area (Å²) in [5.74, 6) is 0.613. The van der Waals surface area contributed by atoms with E-state index in [1.54, 1.807) is 18.0 Å². The lowest BCUT2D eigenvalue weighted by Crippen LogP contribution is -2.13. The molecule has 0 radical (unpaired) electrons. The predicted octanol–water partition coefficient (Wildman–Crippen LogP) is 2.86. The summed E-state index contributed by atoms with van der Waals surface area (Å²) < 4.78 is 7.09. The molecular formula is C15H20N2O2. The van der Waals surface area contributed by atoms with E-state index in [4.69, 9.17) is 4.74 Å². The Morgan fingerprint density at radius 1 is 1.21 bits per heavy atom. The van der Waals surface area contributed by atoms with Crippen molar-refractivity contribution in [3.8, 4) is 5.75 Å². The predicted molar refractivity (Wildman–Crippen MR) is 74.4 cm³/mol. The first kappa shape index (κ1) is 13.6. The highest BCUT2D eigenvalue weighted by Crippen LogP contribution is 2.31. The van der Waals surface area contributed by atoms with Gasteiger partial charge >= 0.3 is 0 Å². The number of ether oxygens (including phenoxy) is 1. The lowest BCUT2D eigenvalue weighted by molar-refractivity contribution is 0.199. The maximum absolute atomic E-state index is 10.6. The first-order valence-electron chi connectivity index (χ1n) is 6.40. The highest BCUT2D eigenvalue weighted by atomic mass is 16.5. The van der Waals surface area contributed by atoms with Crippen molar-refractivity contribution in [2.75, 3.05) is 7.11 Å². The second-order valence-corrected chi connectivity index (χ2v) is 4.95. The topological polar surface area (TPSA) is 47.3 Å². The van der Waals surface area contributed by atoms with Crippen molar-refractivity contribution < 1.29 is 9.84 Å². The normalized spacial score (nSPS) is 12.7. The summed E-state index contributed by atoms with van der Waals surface area (Å²) in [6, 6.07) is 8.00. The molecule has 0 saturated carbocycles. The highest BCUT2D eigenvalue weighted by Gasteiger charge is 2.22. The monoisotopic (exact) mass is 260 g/mol.